The zero-order valence-electron chi connectivity index (χ0n) is 12.1. The Morgan fingerprint density at radius 3 is 2.58 bits per heavy atom. The van der Waals surface area contributed by atoms with Gasteiger partial charge in [0.1, 0.15) is 6.54 Å². The van der Waals surface area contributed by atoms with E-state index in [-0.39, 0.29) is 24.5 Å². The van der Waals surface area contributed by atoms with E-state index in [2.05, 4.69) is 6.92 Å². The predicted molar refractivity (Wildman–Crippen MR) is 73.4 cm³/mol. The molecule has 0 radical (unpaired) electrons. The molecule has 1 amide bonds. The first-order chi connectivity index (χ1) is 9.08. The van der Waals surface area contributed by atoms with Gasteiger partial charge in [0.25, 0.3) is 0 Å². The Morgan fingerprint density at radius 1 is 1.37 bits per heavy atom. The number of amides is 1. The molecule has 2 N–H and O–H groups in total. The van der Waals surface area contributed by atoms with Gasteiger partial charge in [-0.05, 0) is 45.1 Å². The molecule has 1 saturated carbocycles. The summed E-state index contributed by atoms with van der Waals surface area (Å²) in [6.07, 6.45) is 4.28. The molecule has 19 heavy (non-hydrogen) atoms. The lowest BCUT2D eigenvalue weighted by Gasteiger charge is -2.22. The smallest absolute Gasteiger partial charge is 0.325 e. The van der Waals surface area contributed by atoms with E-state index in [4.69, 9.17) is 10.5 Å². The zero-order valence-corrected chi connectivity index (χ0v) is 12.1. The molecule has 0 aromatic rings. The number of carbonyl (C=O) groups is 2. The van der Waals surface area contributed by atoms with Crippen molar-refractivity contribution >= 4 is 11.9 Å². The number of nitrogens with two attached hydrogens (primary N) is 1. The van der Waals surface area contributed by atoms with Crippen LogP contribution in [0.4, 0.5) is 0 Å². The summed E-state index contributed by atoms with van der Waals surface area (Å²) in [7, 11) is 0. The lowest BCUT2D eigenvalue weighted by Crippen LogP contribution is -2.38. The molecule has 1 unspecified atom stereocenters. The molecule has 0 aromatic heterocycles. The number of hydrogen-bond acceptors (Lipinski definition) is 4. The van der Waals surface area contributed by atoms with E-state index in [1.165, 1.54) is 0 Å². The molecule has 5 heteroatoms. The van der Waals surface area contributed by atoms with Crippen LogP contribution in [0.5, 0.6) is 0 Å². The number of nitrogens with zero attached hydrogens (tertiary/aromatic N) is 1. The molecule has 1 fully saturated rings. The van der Waals surface area contributed by atoms with Crippen LogP contribution in [0.25, 0.3) is 0 Å². The van der Waals surface area contributed by atoms with Crippen molar-refractivity contribution in [3.05, 3.63) is 0 Å². The number of rotatable bonds is 9. The fourth-order valence-electron chi connectivity index (χ4n) is 2.10. The van der Waals surface area contributed by atoms with E-state index < -0.39 is 0 Å². The second kappa shape index (κ2) is 8.15. The van der Waals surface area contributed by atoms with Gasteiger partial charge in [0, 0.05) is 12.5 Å². The van der Waals surface area contributed by atoms with Crippen molar-refractivity contribution in [3.63, 3.8) is 0 Å². The monoisotopic (exact) mass is 270 g/mol. The summed E-state index contributed by atoms with van der Waals surface area (Å²) in [5.41, 5.74) is 5.50. The molecule has 0 saturated heterocycles. The van der Waals surface area contributed by atoms with Crippen molar-refractivity contribution in [3.8, 4) is 0 Å². The Balaban J connectivity index is 2.38. The maximum atomic E-state index is 12.2. The van der Waals surface area contributed by atoms with Gasteiger partial charge >= 0.3 is 5.97 Å². The van der Waals surface area contributed by atoms with Crippen LogP contribution in [-0.2, 0) is 14.3 Å². The summed E-state index contributed by atoms with van der Waals surface area (Å²) in [6.45, 7) is 4.99. The fourth-order valence-corrected chi connectivity index (χ4v) is 2.10. The maximum Gasteiger partial charge on any atom is 0.325 e. The van der Waals surface area contributed by atoms with Crippen LogP contribution in [0.2, 0.25) is 0 Å². The van der Waals surface area contributed by atoms with Crippen molar-refractivity contribution in [1.29, 1.82) is 0 Å². The molecule has 0 aromatic carbocycles. The van der Waals surface area contributed by atoms with E-state index >= 15 is 0 Å². The van der Waals surface area contributed by atoms with Crippen LogP contribution in [0, 0.1) is 5.92 Å². The Morgan fingerprint density at radius 2 is 2.05 bits per heavy atom. The second-order valence-electron chi connectivity index (χ2n) is 5.28. The zero-order chi connectivity index (χ0) is 14.3. The van der Waals surface area contributed by atoms with Gasteiger partial charge in [0.15, 0.2) is 0 Å². The number of carbonyl (C=O) groups excluding carboxylic acids is 2. The van der Waals surface area contributed by atoms with Gasteiger partial charge in [-0.15, -0.1) is 0 Å². The Labute approximate surface area is 115 Å². The molecule has 5 nitrogen and oxygen atoms in total. The van der Waals surface area contributed by atoms with Crippen LogP contribution < -0.4 is 5.73 Å². The predicted octanol–water partition coefficient (Wildman–Crippen LogP) is 1.31. The van der Waals surface area contributed by atoms with E-state index in [9.17, 15) is 9.59 Å². The number of hydrogen-bond donors (Lipinski definition) is 1. The van der Waals surface area contributed by atoms with E-state index in [1.807, 2.05) is 0 Å². The van der Waals surface area contributed by atoms with Crippen LogP contribution in [-0.4, -0.2) is 42.5 Å². The lowest BCUT2D eigenvalue weighted by atomic mass is 10.0. The topological polar surface area (TPSA) is 72.6 Å². The first-order valence-electron chi connectivity index (χ1n) is 7.23. The van der Waals surface area contributed by atoms with E-state index in [0.29, 0.717) is 25.5 Å². The number of esters is 1. The Bertz CT molecular complexity index is 303. The highest BCUT2D eigenvalue weighted by molar-refractivity contribution is 5.82. The average Bonchev–Trinajstić information content (AvgIpc) is 3.18. The van der Waals surface area contributed by atoms with Gasteiger partial charge in [-0.1, -0.05) is 6.92 Å². The van der Waals surface area contributed by atoms with Gasteiger partial charge in [0.05, 0.1) is 6.61 Å². The average molecular weight is 270 g/mol. The van der Waals surface area contributed by atoms with E-state index in [0.717, 1.165) is 25.7 Å². The third-order valence-electron chi connectivity index (χ3n) is 3.42. The first-order valence-corrected chi connectivity index (χ1v) is 7.23. The molecule has 1 aliphatic carbocycles. The summed E-state index contributed by atoms with van der Waals surface area (Å²) in [5, 5.41) is 0. The fraction of sp³-hybridized carbons (Fsp3) is 0.857. The molecule has 0 heterocycles. The second-order valence-corrected chi connectivity index (χ2v) is 5.28. The van der Waals surface area contributed by atoms with E-state index in [1.54, 1.807) is 11.8 Å². The summed E-state index contributed by atoms with van der Waals surface area (Å²) in [5.74, 6) is 0.217. The molecule has 110 valence electrons. The summed E-state index contributed by atoms with van der Waals surface area (Å²) in [6, 6.07) is 0.252. The highest BCUT2D eigenvalue weighted by Crippen LogP contribution is 2.27. The molecule has 1 aliphatic rings. The normalized spacial score (nSPS) is 15.9. The van der Waals surface area contributed by atoms with Crippen LogP contribution in [0.1, 0.15) is 46.0 Å². The van der Waals surface area contributed by atoms with Gasteiger partial charge in [-0.25, -0.2) is 0 Å². The minimum Gasteiger partial charge on any atom is -0.465 e. The molecule has 1 rings (SSSR count). The van der Waals surface area contributed by atoms with Crippen LogP contribution >= 0.6 is 0 Å². The van der Waals surface area contributed by atoms with Gasteiger partial charge < -0.3 is 15.4 Å². The molecule has 0 spiro atoms. The number of ether oxygens (including phenoxy) is 1. The van der Waals surface area contributed by atoms with Gasteiger partial charge in [-0.3, -0.25) is 9.59 Å². The Hall–Kier alpha value is -1.10. The minimum absolute atomic E-state index is 0.0689. The third-order valence-corrected chi connectivity index (χ3v) is 3.42. The van der Waals surface area contributed by atoms with Crippen molar-refractivity contribution < 1.29 is 14.3 Å². The van der Waals surface area contributed by atoms with Crippen LogP contribution in [0.15, 0.2) is 0 Å². The van der Waals surface area contributed by atoms with Crippen molar-refractivity contribution in [1.82, 2.24) is 4.90 Å². The molecule has 0 bridgehead atoms. The lowest BCUT2D eigenvalue weighted by molar-refractivity contribution is -0.149. The summed E-state index contributed by atoms with van der Waals surface area (Å²) < 4.78 is 4.92. The SMILES string of the molecule is CCOC(=O)CN(C(=O)CCC(C)CCN)C1CC1. The minimum atomic E-state index is -0.308. The summed E-state index contributed by atoms with van der Waals surface area (Å²) >= 11 is 0. The highest BCUT2D eigenvalue weighted by Gasteiger charge is 2.33. The van der Waals surface area contributed by atoms with Crippen molar-refractivity contribution in [2.75, 3.05) is 19.7 Å². The standard InChI is InChI=1S/C14H26N2O3/c1-3-19-14(18)10-16(12-5-6-12)13(17)7-4-11(2)8-9-15/h11-12H,3-10,15H2,1-2H3. The highest BCUT2D eigenvalue weighted by atomic mass is 16.5. The van der Waals surface area contributed by atoms with Gasteiger partial charge in [0.2, 0.25) is 5.91 Å². The van der Waals surface area contributed by atoms with Crippen LogP contribution in [0.3, 0.4) is 0 Å². The first kappa shape index (κ1) is 16.0. The van der Waals surface area contributed by atoms with Crippen molar-refractivity contribution in [2.24, 2.45) is 11.7 Å². The quantitative estimate of drug-likeness (QED) is 0.641. The molecular weight excluding hydrogens is 244 g/mol. The molecular formula is C14H26N2O3. The summed E-state index contributed by atoms with van der Waals surface area (Å²) in [4.78, 5) is 25.3. The molecule has 0 aliphatic heterocycles. The maximum absolute atomic E-state index is 12.2. The molecule has 1 atom stereocenters. The van der Waals surface area contributed by atoms with Gasteiger partial charge in [-0.2, -0.15) is 0 Å². The largest absolute Gasteiger partial charge is 0.465 e. The Kier molecular flexibility index (Phi) is 6.84. The third kappa shape index (κ3) is 6.05. The van der Waals surface area contributed by atoms with Crippen molar-refractivity contribution in [2.45, 2.75) is 52.0 Å².